The van der Waals surface area contributed by atoms with Crippen LogP contribution in [-0.4, -0.2) is 204 Å². The Kier molecular flexibility index (Phi) is 35.7. The highest BCUT2D eigenvalue weighted by molar-refractivity contribution is 8.00. The number of aliphatic carboxylic acids is 1. The predicted molar refractivity (Wildman–Crippen MR) is 395 cm³/mol. The number of carboxylic acid groups (broad SMARTS) is 1. The standard InChI is InChI=1S/C78H118F2N8O16S/c1-15-49(8)71(86(12)75(99)57(47(4)5)39-63(91)70(48(6)7)85(10)11)64(102-13)40-67(93)88-43-53(37-61(88)72(103-14)50(9)73(97)82-34-31-55-58(79)23-21-24-59(55)80)83-77(101)104-44-52-29-27-51(28-30-52)36-62(90)60(25-18-19-26-66(81)92)84-74(98)56(46(2)3)38-54(89)22-17-16-20-35-87-68(94)41-65(76(87)100)105-45-78(32-33-78)42-69(95)96/h21,23-24,27-30,46-50,53,56-57,60-61,64-65,70-72H,15-20,22,25-26,31-45H2,1-14H3,(H2,81,92)(H,82,97)(H,83,101)(H,84,98)(H,95,96)/t49-,50+,53-,56-,57-,60-,61-,64+,65?,70-,71-,72+/m0/s1. The number of Topliss-reactive ketones (excluding diaryl/α,β-unsaturated/α-hetero) is 3. The molecule has 0 bridgehead atoms. The van der Waals surface area contributed by atoms with Gasteiger partial charge in [0.2, 0.25) is 41.4 Å². The molecule has 105 heavy (non-hydrogen) atoms. The molecule has 1 saturated carbocycles. The van der Waals surface area contributed by atoms with Crippen LogP contribution in [0.4, 0.5) is 13.6 Å². The molecule has 586 valence electrons. The van der Waals surface area contributed by atoms with Gasteiger partial charge in [-0.05, 0) is 118 Å². The molecule has 24 nitrogen and oxygen atoms in total. The van der Waals surface area contributed by atoms with E-state index in [9.17, 15) is 66.6 Å². The molecule has 6 N–H and O–H groups in total. The molecule has 1 aliphatic carbocycles. The number of hydrogen-bond acceptors (Lipinski definition) is 17. The fraction of sp³-hybridized carbons (Fsp3) is 0.692. The zero-order valence-electron chi connectivity index (χ0n) is 64.3. The molecule has 27 heteroatoms. The number of primary amides is 1. The fourth-order valence-corrected chi connectivity index (χ4v) is 16.2. The molecule has 3 fully saturated rings. The monoisotopic (exact) mass is 1490 g/mol. The third-order valence-corrected chi connectivity index (χ3v) is 22.8. The Morgan fingerprint density at radius 1 is 0.771 bits per heavy atom. The van der Waals surface area contributed by atoms with Crippen LogP contribution in [0.25, 0.3) is 0 Å². The maximum absolute atomic E-state index is 15.1. The normalized spacial score (nSPS) is 19.0. The van der Waals surface area contributed by atoms with Crippen molar-refractivity contribution in [3.63, 3.8) is 0 Å². The Hall–Kier alpha value is -7.23. The number of rotatable bonds is 48. The first kappa shape index (κ1) is 88.4. The molecule has 2 saturated heterocycles. The quantitative estimate of drug-likeness (QED) is 0.0305. The lowest BCUT2D eigenvalue weighted by Crippen LogP contribution is -2.54. The number of nitrogens with one attached hydrogen (secondary N) is 3. The van der Waals surface area contributed by atoms with Gasteiger partial charge < -0.3 is 50.8 Å². The molecule has 12 atom stereocenters. The van der Waals surface area contributed by atoms with Gasteiger partial charge in [-0.3, -0.25) is 62.5 Å². The van der Waals surface area contributed by atoms with E-state index < -0.39 is 113 Å². The number of ether oxygens (including phenoxy) is 3. The van der Waals surface area contributed by atoms with E-state index in [0.717, 1.165) is 25.0 Å². The molecular formula is C78H118F2N8O16S. The maximum atomic E-state index is 15.1. The number of carbonyl (C=O) groups is 12. The third kappa shape index (κ3) is 26.6. The number of nitrogens with two attached hydrogens (primary N) is 1. The zero-order valence-corrected chi connectivity index (χ0v) is 65.1. The number of carbonyl (C=O) groups excluding carboxylic acids is 11. The summed E-state index contributed by atoms with van der Waals surface area (Å²) in [6.45, 7) is 16.8. The summed E-state index contributed by atoms with van der Waals surface area (Å²) in [5.74, 6) is -8.10. The van der Waals surface area contributed by atoms with Gasteiger partial charge in [0.25, 0.3) is 0 Å². The number of imide groups is 1. The van der Waals surface area contributed by atoms with Gasteiger partial charge >= 0.3 is 12.1 Å². The molecule has 5 rings (SSSR count). The molecule has 0 radical (unpaired) electrons. The number of ketones is 3. The van der Waals surface area contributed by atoms with Crippen molar-refractivity contribution in [2.24, 2.45) is 52.6 Å². The van der Waals surface area contributed by atoms with Crippen LogP contribution in [0.1, 0.15) is 188 Å². The predicted octanol–water partition coefficient (Wildman–Crippen LogP) is 8.82. The lowest BCUT2D eigenvalue weighted by atomic mass is 9.83. The van der Waals surface area contributed by atoms with Gasteiger partial charge in [-0.1, -0.05) is 112 Å². The first-order valence-electron chi connectivity index (χ1n) is 37.4. The first-order chi connectivity index (χ1) is 49.6. The molecule has 0 aromatic heterocycles. The number of halogens is 2. The molecule has 2 aliphatic heterocycles. The first-order valence-corrected chi connectivity index (χ1v) is 38.5. The van der Waals surface area contributed by atoms with Crippen LogP contribution in [-0.2, 0) is 86.4 Å². The highest BCUT2D eigenvalue weighted by Gasteiger charge is 2.49. The highest BCUT2D eigenvalue weighted by atomic mass is 32.2. The summed E-state index contributed by atoms with van der Waals surface area (Å²) in [4.78, 5) is 168. The van der Waals surface area contributed by atoms with E-state index in [4.69, 9.17) is 19.9 Å². The Balaban J connectivity index is 1.23. The summed E-state index contributed by atoms with van der Waals surface area (Å²) in [6, 6.07) is 6.70. The van der Waals surface area contributed by atoms with Gasteiger partial charge in [0.15, 0.2) is 11.6 Å². The van der Waals surface area contributed by atoms with E-state index in [2.05, 4.69) is 16.0 Å². The van der Waals surface area contributed by atoms with E-state index in [1.165, 1.54) is 41.8 Å². The Bertz CT molecular complexity index is 3270. The van der Waals surface area contributed by atoms with Crippen LogP contribution in [0.3, 0.4) is 0 Å². The lowest BCUT2D eigenvalue weighted by Gasteiger charge is -2.41. The van der Waals surface area contributed by atoms with Gasteiger partial charge in [-0.25, -0.2) is 13.6 Å². The fourth-order valence-electron chi connectivity index (χ4n) is 14.7. The van der Waals surface area contributed by atoms with Crippen molar-refractivity contribution in [3.05, 3.63) is 70.8 Å². The second-order valence-electron chi connectivity index (χ2n) is 30.6. The Morgan fingerprint density at radius 2 is 1.41 bits per heavy atom. The number of nitrogens with zero attached hydrogens (tertiary/aromatic N) is 4. The molecule has 2 aromatic carbocycles. The molecule has 2 heterocycles. The van der Waals surface area contributed by atoms with Crippen LogP contribution >= 0.6 is 11.8 Å². The largest absolute Gasteiger partial charge is 0.481 e. The van der Waals surface area contributed by atoms with Crippen molar-refractivity contribution in [2.75, 3.05) is 60.7 Å². The highest BCUT2D eigenvalue weighted by Crippen LogP contribution is 2.52. The number of amides is 8. The Labute approximate surface area is 623 Å². The third-order valence-electron chi connectivity index (χ3n) is 21.3. The van der Waals surface area contributed by atoms with Crippen LogP contribution in [0, 0.1) is 58.5 Å². The molecule has 0 spiro atoms. The van der Waals surface area contributed by atoms with Gasteiger partial charge in [0, 0.05) is 103 Å². The number of alkyl carbamates (subject to hydrolysis) is 1. The van der Waals surface area contributed by atoms with E-state index in [0.29, 0.717) is 55.4 Å². The number of methoxy groups -OCH3 is 2. The lowest BCUT2D eigenvalue weighted by molar-refractivity contribution is -0.149. The van der Waals surface area contributed by atoms with Gasteiger partial charge in [-0.2, -0.15) is 0 Å². The molecule has 2 aromatic rings. The van der Waals surface area contributed by atoms with E-state index >= 15 is 4.79 Å². The summed E-state index contributed by atoms with van der Waals surface area (Å²) >= 11 is 1.36. The average Bonchev–Trinajstić information content (AvgIpc) is 1.58. The van der Waals surface area contributed by atoms with E-state index in [-0.39, 0.29) is 167 Å². The van der Waals surface area contributed by atoms with Crippen molar-refractivity contribution in [3.8, 4) is 0 Å². The average molecular weight is 1490 g/mol. The molecule has 8 amide bonds. The number of carboxylic acids is 1. The summed E-state index contributed by atoms with van der Waals surface area (Å²) in [5, 5.41) is 17.3. The van der Waals surface area contributed by atoms with Crippen LogP contribution in [0.5, 0.6) is 0 Å². The summed E-state index contributed by atoms with van der Waals surface area (Å²) in [7, 11) is 8.23. The number of hydrogen-bond donors (Lipinski definition) is 5. The zero-order chi connectivity index (χ0) is 78.2. The number of thioether (sulfide) groups is 1. The van der Waals surface area contributed by atoms with Crippen molar-refractivity contribution in [2.45, 2.75) is 239 Å². The van der Waals surface area contributed by atoms with Crippen molar-refractivity contribution < 1.29 is 85.6 Å². The van der Waals surface area contributed by atoms with Crippen LogP contribution < -0.4 is 21.7 Å². The molecule has 1 unspecified atom stereocenters. The van der Waals surface area contributed by atoms with Crippen molar-refractivity contribution in [1.29, 1.82) is 0 Å². The van der Waals surface area contributed by atoms with Crippen LogP contribution in [0.15, 0.2) is 42.5 Å². The number of likely N-dealkylation sites (tertiary alicyclic amines) is 2. The van der Waals surface area contributed by atoms with Crippen molar-refractivity contribution >= 4 is 82.5 Å². The van der Waals surface area contributed by atoms with Crippen molar-refractivity contribution in [1.82, 2.24) is 35.6 Å². The number of unbranched alkanes of at least 4 members (excludes halogenated alkanes) is 3. The summed E-state index contributed by atoms with van der Waals surface area (Å²) in [6.07, 6.45) is 1.98. The topological polar surface area (TPSA) is 328 Å². The maximum Gasteiger partial charge on any atom is 0.407 e. The van der Waals surface area contributed by atoms with E-state index in [1.54, 1.807) is 43.1 Å². The summed E-state index contributed by atoms with van der Waals surface area (Å²) < 4.78 is 47.1. The van der Waals surface area contributed by atoms with Gasteiger partial charge in [0.1, 0.15) is 24.0 Å². The Morgan fingerprint density at radius 3 is 1.98 bits per heavy atom. The number of likely N-dealkylation sites (N-methyl/N-ethyl adjacent to an activating group) is 2. The SMILES string of the molecule is CC[C@H](C)[C@@H]([C@@H](CC(=O)N1C[C@@H](NC(=O)OCc2ccc(CC(=O)[C@H](CCCCC(N)=O)NC(=O)[C@@H](CC(=O)CCCCCN3C(=O)CC(SCC4(CC(=O)O)CC4)C3=O)C(C)C)cc2)C[C@H]1[C@H](OC)[C@@H](C)C(=O)NCCc1c(F)cccc1F)OC)N(C)C(=O)[C@@H](CC(=O)[C@H](C(C)C)N(C)C)C(C)C. The second-order valence-corrected chi connectivity index (χ2v) is 31.8. The number of benzene rings is 2. The van der Waals surface area contributed by atoms with Gasteiger partial charge in [-0.15, -0.1) is 11.8 Å². The minimum atomic E-state index is -0.975. The van der Waals surface area contributed by atoms with Crippen LogP contribution in [0.2, 0.25) is 0 Å². The molecular weight excluding hydrogens is 1370 g/mol. The molecule has 3 aliphatic rings. The smallest absolute Gasteiger partial charge is 0.407 e. The minimum absolute atomic E-state index is 0.00367. The minimum Gasteiger partial charge on any atom is -0.481 e. The van der Waals surface area contributed by atoms with E-state index in [1.807, 2.05) is 74.4 Å². The summed E-state index contributed by atoms with van der Waals surface area (Å²) in [5.41, 5.74) is 6.06. The van der Waals surface area contributed by atoms with Gasteiger partial charge in [0.05, 0.1) is 66.4 Å². The second kappa shape index (κ2) is 42.3.